The van der Waals surface area contributed by atoms with Gasteiger partial charge in [0.05, 0.1) is 0 Å². The van der Waals surface area contributed by atoms with Crippen LogP contribution in [0.5, 0.6) is 0 Å². The van der Waals surface area contributed by atoms with Gasteiger partial charge in [0.1, 0.15) is 0 Å². The molecule has 5 nitrogen and oxygen atoms in total. The Morgan fingerprint density at radius 1 is 1.47 bits per heavy atom. The number of hydrogen-bond acceptors (Lipinski definition) is 3. The Labute approximate surface area is 92.2 Å². The van der Waals surface area contributed by atoms with Gasteiger partial charge in [-0.05, 0) is 19.8 Å². The fourth-order valence-corrected chi connectivity index (χ4v) is 3.85. The zero-order valence-electron chi connectivity index (χ0n) is 9.44. The van der Waals surface area contributed by atoms with Crippen LogP contribution >= 0.6 is 0 Å². The van der Waals surface area contributed by atoms with E-state index >= 15 is 0 Å². The lowest BCUT2D eigenvalue weighted by molar-refractivity contribution is 0.193. The summed E-state index contributed by atoms with van der Waals surface area (Å²) in [5, 5.41) is 0. The molecule has 0 radical (unpaired) electrons. The highest BCUT2D eigenvalue weighted by Crippen LogP contribution is 2.24. The van der Waals surface area contributed by atoms with Crippen LogP contribution in [0.2, 0.25) is 0 Å². The molecule has 1 rings (SSSR count). The standard InChI is InChI=1S/C9H21N3O2S/c1-3-11-15(13,14)12-8(2)5-4-6-9(12)7-10/h8-9,11H,3-7,10H2,1-2H3. The van der Waals surface area contributed by atoms with Gasteiger partial charge in [0, 0.05) is 25.2 Å². The quantitative estimate of drug-likeness (QED) is 0.722. The third-order valence-corrected chi connectivity index (χ3v) is 4.70. The van der Waals surface area contributed by atoms with E-state index in [2.05, 4.69) is 4.72 Å². The highest BCUT2D eigenvalue weighted by Gasteiger charge is 2.35. The number of nitrogens with zero attached hydrogens (tertiary/aromatic N) is 1. The lowest BCUT2D eigenvalue weighted by Gasteiger charge is -2.38. The summed E-state index contributed by atoms with van der Waals surface area (Å²) in [5.74, 6) is 0. The van der Waals surface area contributed by atoms with Crippen LogP contribution in [-0.2, 0) is 10.2 Å². The van der Waals surface area contributed by atoms with E-state index in [1.165, 1.54) is 0 Å². The number of hydrogen-bond donors (Lipinski definition) is 2. The molecule has 3 N–H and O–H groups in total. The van der Waals surface area contributed by atoms with Crippen molar-refractivity contribution in [3.63, 3.8) is 0 Å². The zero-order valence-corrected chi connectivity index (χ0v) is 10.3. The van der Waals surface area contributed by atoms with E-state index in [-0.39, 0.29) is 12.1 Å². The summed E-state index contributed by atoms with van der Waals surface area (Å²) in [7, 11) is -3.34. The van der Waals surface area contributed by atoms with Crippen LogP contribution in [0.4, 0.5) is 0 Å². The Morgan fingerprint density at radius 3 is 2.67 bits per heavy atom. The maximum absolute atomic E-state index is 11.9. The predicted molar refractivity (Wildman–Crippen MR) is 60.6 cm³/mol. The van der Waals surface area contributed by atoms with Crippen LogP contribution in [0, 0.1) is 0 Å². The van der Waals surface area contributed by atoms with Gasteiger partial charge in [-0.15, -0.1) is 0 Å². The summed E-state index contributed by atoms with van der Waals surface area (Å²) in [6.45, 7) is 4.54. The SMILES string of the molecule is CCNS(=O)(=O)N1C(C)CCCC1CN. The van der Waals surface area contributed by atoms with Crippen molar-refractivity contribution in [3.8, 4) is 0 Å². The van der Waals surface area contributed by atoms with E-state index < -0.39 is 10.2 Å². The molecule has 1 fully saturated rings. The third kappa shape index (κ3) is 2.90. The minimum atomic E-state index is -3.34. The lowest BCUT2D eigenvalue weighted by atomic mass is 10.00. The van der Waals surface area contributed by atoms with Gasteiger partial charge in [-0.3, -0.25) is 0 Å². The van der Waals surface area contributed by atoms with Crippen molar-refractivity contribution in [2.24, 2.45) is 5.73 Å². The topological polar surface area (TPSA) is 75.4 Å². The van der Waals surface area contributed by atoms with Crippen LogP contribution in [0.15, 0.2) is 0 Å². The summed E-state index contributed by atoms with van der Waals surface area (Å²) in [6, 6.07) is 0.00847. The third-order valence-electron chi connectivity index (χ3n) is 2.83. The van der Waals surface area contributed by atoms with Crippen molar-refractivity contribution in [2.75, 3.05) is 13.1 Å². The van der Waals surface area contributed by atoms with Gasteiger partial charge in [0.15, 0.2) is 0 Å². The van der Waals surface area contributed by atoms with E-state index in [0.29, 0.717) is 13.1 Å². The van der Waals surface area contributed by atoms with Gasteiger partial charge in [0.2, 0.25) is 0 Å². The summed E-state index contributed by atoms with van der Waals surface area (Å²) in [6.07, 6.45) is 2.84. The Hall–Kier alpha value is -0.170. The van der Waals surface area contributed by atoms with Crippen molar-refractivity contribution in [1.29, 1.82) is 0 Å². The van der Waals surface area contributed by atoms with Crippen molar-refractivity contribution in [1.82, 2.24) is 9.03 Å². The molecule has 90 valence electrons. The summed E-state index contributed by atoms with van der Waals surface area (Å²) in [4.78, 5) is 0. The number of nitrogens with two attached hydrogens (primary N) is 1. The molecule has 15 heavy (non-hydrogen) atoms. The molecule has 0 spiro atoms. The predicted octanol–water partition coefficient (Wildman–Crippen LogP) is 0.0424. The molecular weight excluding hydrogens is 214 g/mol. The maximum atomic E-state index is 11.9. The lowest BCUT2D eigenvalue weighted by Crippen LogP contribution is -2.55. The van der Waals surface area contributed by atoms with Gasteiger partial charge in [-0.2, -0.15) is 12.7 Å². The number of piperidine rings is 1. The molecular formula is C9H21N3O2S. The van der Waals surface area contributed by atoms with Crippen LogP contribution in [0.1, 0.15) is 33.1 Å². The molecule has 0 aliphatic carbocycles. The number of nitrogens with one attached hydrogen (secondary N) is 1. The Kier molecular flexibility index (Phi) is 4.51. The van der Waals surface area contributed by atoms with Crippen molar-refractivity contribution in [2.45, 2.75) is 45.2 Å². The fourth-order valence-electron chi connectivity index (χ4n) is 2.18. The van der Waals surface area contributed by atoms with Crippen LogP contribution in [0.3, 0.4) is 0 Å². The van der Waals surface area contributed by atoms with E-state index in [1.807, 2.05) is 6.92 Å². The second-order valence-electron chi connectivity index (χ2n) is 4.00. The normalized spacial score (nSPS) is 29.3. The molecule has 1 aliphatic heterocycles. The molecule has 0 aromatic carbocycles. The molecule has 0 amide bonds. The average Bonchev–Trinajstić information content (AvgIpc) is 2.16. The van der Waals surface area contributed by atoms with Crippen molar-refractivity contribution < 1.29 is 8.42 Å². The second kappa shape index (κ2) is 5.25. The van der Waals surface area contributed by atoms with Crippen molar-refractivity contribution in [3.05, 3.63) is 0 Å². The molecule has 0 bridgehead atoms. The van der Waals surface area contributed by atoms with Crippen LogP contribution in [0.25, 0.3) is 0 Å². The first-order valence-corrected chi connectivity index (χ1v) is 6.95. The van der Waals surface area contributed by atoms with Gasteiger partial charge in [-0.25, -0.2) is 4.72 Å². The van der Waals surface area contributed by atoms with Crippen LogP contribution in [-0.4, -0.2) is 37.9 Å². The summed E-state index contributed by atoms with van der Waals surface area (Å²) < 4.78 is 27.9. The Balaban J connectivity index is 2.86. The molecule has 2 unspecified atom stereocenters. The first-order valence-electron chi connectivity index (χ1n) is 5.51. The van der Waals surface area contributed by atoms with Crippen molar-refractivity contribution >= 4 is 10.2 Å². The van der Waals surface area contributed by atoms with Gasteiger partial charge in [-0.1, -0.05) is 13.3 Å². The number of rotatable bonds is 4. The van der Waals surface area contributed by atoms with E-state index in [1.54, 1.807) is 11.2 Å². The summed E-state index contributed by atoms with van der Waals surface area (Å²) in [5.41, 5.74) is 5.61. The fraction of sp³-hybridized carbons (Fsp3) is 1.00. The molecule has 0 saturated carbocycles. The molecule has 0 aromatic heterocycles. The summed E-state index contributed by atoms with van der Waals surface area (Å²) >= 11 is 0. The first kappa shape index (κ1) is 12.9. The molecule has 1 heterocycles. The Bertz CT molecular complexity index is 292. The van der Waals surface area contributed by atoms with Crippen LogP contribution < -0.4 is 10.5 Å². The van der Waals surface area contributed by atoms with E-state index in [0.717, 1.165) is 19.3 Å². The maximum Gasteiger partial charge on any atom is 0.279 e. The highest BCUT2D eigenvalue weighted by molar-refractivity contribution is 7.87. The van der Waals surface area contributed by atoms with Gasteiger partial charge < -0.3 is 5.73 Å². The van der Waals surface area contributed by atoms with Gasteiger partial charge >= 0.3 is 0 Å². The molecule has 1 saturated heterocycles. The first-order chi connectivity index (χ1) is 7.03. The largest absolute Gasteiger partial charge is 0.329 e. The highest BCUT2D eigenvalue weighted by atomic mass is 32.2. The molecule has 0 aromatic rings. The Morgan fingerprint density at radius 2 is 2.13 bits per heavy atom. The molecule has 6 heteroatoms. The van der Waals surface area contributed by atoms with Gasteiger partial charge in [0.25, 0.3) is 10.2 Å². The zero-order chi connectivity index (χ0) is 11.5. The van der Waals surface area contributed by atoms with E-state index in [9.17, 15) is 8.42 Å². The minimum Gasteiger partial charge on any atom is -0.329 e. The minimum absolute atomic E-state index is 0.0437. The average molecular weight is 235 g/mol. The van der Waals surface area contributed by atoms with E-state index in [4.69, 9.17) is 5.73 Å². The monoisotopic (exact) mass is 235 g/mol. The molecule has 1 aliphatic rings. The smallest absolute Gasteiger partial charge is 0.279 e. The second-order valence-corrected chi connectivity index (χ2v) is 5.66. The molecule has 2 atom stereocenters.